The number of oxime groups is 1. The van der Waals surface area contributed by atoms with E-state index in [0.29, 0.717) is 18.1 Å². The van der Waals surface area contributed by atoms with Crippen molar-refractivity contribution in [2.45, 2.75) is 13.5 Å². The Hall–Kier alpha value is -2.22. The van der Waals surface area contributed by atoms with Gasteiger partial charge in [-0.2, -0.15) is 0 Å². The molecule has 2 aromatic heterocycles. The fraction of sp³-hybridized carbons (Fsp3) is 0.273. The Balaban J connectivity index is 2.29. The van der Waals surface area contributed by atoms with E-state index in [1.807, 2.05) is 18.9 Å². The summed E-state index contributed by atoms with van der Waals surface area (Å²) in [4.78, 5) is 15.6. The maximum atomic E-state index is 8.76. The summed E-state index contributed by atoms with van der Waals surface area (Å²) in [5, 5.41) is 11.7. The average molecular weight is 278 g/mol. The first kappa shape index (κ1) is 13.2. The summed E-state index contributed by atoms with van der Waals surface area (Å²) in [5.41, 5.74) is 8.75. The molecule has 0 saturated heterocycles. The number of rotatable bonds is 4. The number of anilines is 1. The Morgan fingerprint density at radius 3 is 2.79 bits per heavy atom. The van der Waals surface area contributed by atoms with Crippen molar-refractivity contribution in [2.75, 3.05) is 11.9 Å². The third kappa shape index (κ3) is 2.79. The molecule has 3 N–H and O–H groups in total. The van der Waals surface area contributed by atoms with Crippen LogP contribution in [0.2, 0.25) is 0 Å². The molecule has 0 saturated carbocycles. The first-order chi connectivity index (χ1) is 9.13. The van der Waals surface area contributed by atoms with Gasteiger partial charge in [0.15, 0.2) is 17.3 Å². The van der Waals surface area contributed by atoms with Crippen molar-refractivity contribution in [3.63, 3.8) is 0 Å². The van der Waals surface area contributed by atoms with Crippen molar-refractivity contribution >= 4 is 23.0 Å². The van der Waals surface area contributed by atoms with Gasteiger partial charge in [0.05, 0.1) is 17.7 Å². The molecule has 100 valence electrons. The minimum Gasteiger partial charge on any atom is -0.409 e. The van der Waals surface area contributed by atoms with Crippen molar-refractivity contribution in [3.05, 3.63) is 34.2 Å². The summed E-state index contributed by atoms with van der Waals surface area (Å²) < 4.78 is 0. The van der Waals surface area contributed by atoms with Crippen molar-refractivity contribution in [2.24, 2.45) is 10.9 Å². The van der Waals surface area contributed by atoms with Crippen molar-refractivity contribution in [3.8, 4) is 0 Å². The molecule has 7 nitrogen and oxygen atoms in total. The highest BCUT2D eigenvalue weighted by molar-refractivity contribution is 7.09. The van der Waals surface area contributed by atoms with Crippen molar-refractivity contribution < 1.29 is 5.21 Å². The van der Waals surface area contributed by atoms with Crippen LogP contribution >= 0.6 is 11.3 Å². The molecule has 0 aliphatic rings. The van der Waals surface area contributed by atoms with Gasteiger partial charge >= 0.3 is 0 Å². The highest BCUT2D eigenvalue weighted by Gasteiger charge is 2.15. The lowest BCUT2D eigenvalue weighted by Crippen LogP contribution is -2.24. The van der Waals surface area contributed by atoms with Crippen LogP contribution in [-0.2, 0) is 6.54 Å². The lowest BCUT2D eigenvalue weighted by Gasteiger charge is -2.19. The van der Waals surface area contributed by atoms with Crippen LogP contribution in [0.15, 0.2) is 23.1 Å². The fourth-order valence-electron chi connectivity index (χ4n) is 1.61. The zero-order valence-corrected chi connectivity index (χ0v) is 11.4. The molecule has 19 heavy (non-hydrogen) atoms. The molecule has 0 unspecified atom stereocenters. The van der Waals surface area contributed by atoms with Crippen LogP contribution in [0, 0.1) is 6.92 Å². The number of aryl methyl sites for hydroxylation is 1. The van der Waals surface area contributed by atoms with Crippen LogP contribution in [0.3, 0.4) is 0 Å². The van der Waals surface area contributed by atoms with Gasteiger partial charge < -0.3 is 15.8 Å². The Morgan fingerprint density at radius 1 is 1.42 bits per heavy atom. The van der Waals surface area contributed by atoms with Gasteiger partial charge in [0, 0.05) is 24.3 Å². The molecule has 0 aliphatic heterocycles. The van der Waals surface area contributed by atoms with E-state index in [0.717, 1.165) is 10.6 Å². The van der Waals surface area contributed by atoms with E-state index in [-0.39, 0.29) is 5.84 Å². The summed E-state index contributed by atoms with van der Waals surface area (Å²) in [5.74, 6) is 0.501. The molecule has 8 heteroatoms. The summed E-state index contributed by atoms with van der Waals surface area (Å²) in [6.07, 6.45) is 3.07. The highest BCUT2D eigenvalue weighted by Crippen LogP contribution is 2.19. The van der Waals surface area contributed by atoms with Gasteiger partial charge in [-0.25, -0.2) is 15.0 Å². The lowest BCUT2D eigenvalue weighted by atomic mass is 10.3. The van der Waals surface area contributed by atoms with Crippen LogP contribution < -0.4 is 10.6 Å². The Bertz CT molecular complexity index is 596. The van der Waals surface area contributed by atoms with Gasteiger partial charge in [-0.1, -0.05) is 5.16 Å². The molecule has 0 radical (unpaired) electrons. The van der Waals surface area contributed by atoms with E-state index in [1.165, 1.54) is 6.20 Å². The first-order valence-corrected chi connectivity index (χ1v) is 6.40. The Kier molecular flexibility index (Phi) is 3.91. The summed E-state index contributed by atoms with van der Waals surface area (Å²) >= 11 is 1.58. The molecule has 0 amide bonds. The molecule has 0 atom stereocenters. The largest absolute Gasteiger partial charge is 0.409 e. The first-order valence-electron chi connectivity index (χ1n) is 5.52. The Morgan fingerprint density at radius 2 is 2.16 bits per heavy atom. The number of thiazole rings is 1. The van der Waals surface area contributed by atoms with Gasteiger partial charge in [0.2, 0.25) is 0 Å². The summed E-state index contributed by atoms with van der Waals surface area (Å²) in [6.45, 7) is 2.60. The van der Waals surface area contributed by atoms with Gasteiger partial charge in [0.1, 0.15) is 0 Å². The van der Waals surface area contributed by atoms with Crippen LogP contribution in [0.1, 0.15) is 16.3 Å². The highest BCUT2D eigenvalue weighted by atomic mass is 32.1. The Labute approximate surface area is 114 Å². The number of nitrogens with zero attached hydrogens (tertiary/aromatic N) is 5. The summed E-state index contributed by atoms with van der Waals surface area (Å²) in [6, 6.07) is 0. The van der Waals surface area contributed by atoms with Gasteiger partial charge in [0.25, 0.3) is 0 Å². The standard InChI is InChI=1S/C11H14N6OS/c1-7-8(19-6-15-7)5-17(2)11-9(10(12)16-18)13-3-4-14-11/h3-4,6,18H,5H2,1-2H3,(H2,12,16). The van der Waals surface area contributed by atoms with Gasteiger partial charge in [-0.3, -0.25) is 0 Å². The molecule has 2 heterocycles. The minimum absolute atomic E-state index is 0.0593. The molecular formula is C11H14N6OS. The van der Waals surface area contributed by atoms with Crippen LogP contribution in [0.4, 0.5) is 5.82 Å². The van der Waals surface area contributed by atoms with Crippen molar-refractivity contribution in [1.29, 1.82) is 0 Å². The molecular weight excluding hydrogens is 264 g/mol. The topological polar surface area (TPSA) is 101 Å². The second-order valence-electron chi connectivity index (χ2n) is 3.93. The second-order valence-corrected chi connectivity index (χ2v) is 4.87. The monoisotopic (exact) mass is 278 g/mol. The van der Waals surface area contributed by atoms with E-state index in [4.69, 9.17) is 10.9 Å². The van der Waals surface area contributed by atoms with Gasteiger partial charge in [-0.05, 0) is 6.92 Å². The van der Waals surface area contributed by atoms with Crippen LogP contribution in [0.5, 0.6) is 0 Å². The normalized spacial score (nSPS) is 11.6. The molecule has 0 bridgehead atoms. The maximum absolute atomic E-state index is 8.76. The van der Waals surface area contributed by atoms with Crippen LogP contribution in [0.25, 0.3) is 0 Å². The fourth-order valence-corrected chi connectivity index (χ4v) is 2.44. The molecule has 2 rings (SSSR count). The third-order valence-corrected chi connectivity index (χ3v) is 3.54. The van der Waals surface area contributed by atoms with E-state index in [9.17, 15) is 0 Å². The van der Waals surface area contributed by atoms with Crippen molar-refractivity contribution in [1.82, 2.24) is 15.0 Å². The predicted octanol–water partition coefficient (Wildman–Crippen LogP) is 0.972. The number of amidine groups is 1. The minimum atomic E-state index is -0.0593. The summed E-state index contributed by atoms with van der Waals surface area (Å²) in [7, 11) is 1.87. The molecule has 2 aromatic rings. The predicted molar refractivity (Wildman–Crippen MR) is 73.5 cm³/mol. The molecule has 0 fully saturated rings. The zero-order valence-electron chi connectivity index (χ0n) is 10.6. The number of aromatic nitrogens is 3. The number of hydrogen-bond acceptors (Lipinski definition) is 7. The average Bonchev–Trinajstić information content (AvgIpc) is 2.83. The zero-order chi connectivity index (χ0) is 13.8. The quantitative estimate of drug-likeness (QED) is 0.374. The molecule has 0 aliphatic carbocycles. The number of hydrogen-bond donors (Lipinski definition) is 2. The van der Waals surface area contributed by atoms with E-state index >= 15 is 0 Å². The molecule has 0 spiro atoms. The second kappa shape index (κ2) is 5.61. The third-order valence-electron chi connectivity index (χ3n) is 2.62. The van der Waals surface area contributed by atoms with E-state index < -0.39 is 0 Å². The maximum Gasteiger partial charge on any atom is 0.192 e. The lowest BCUT2D eigenvalue weighted by molar-refractivity contribution is 0.318. The SMILES string of the molecule is Cc1ncsc1CN(C)c1nccnc1C(N)=NO. The van der Waals surface area contributed by atoms with Crippen LogP contribution in [-0.4, -0.2) is 33.0 Å². The van der Waals surface area contributed by atoms with E-state index in [1.54, 1.807) is 23.0 Å². The molecule has 0 aromatic carbocycles. The number of nitrogens with two attached hydrogens (primary N) is 1. The smallest absolute Gasteiger partial charge is 0.192 e. The van der Waals surface area contributed by atoms with E-state index in [2.05, 4.69) is 20.1 Å². The van der Waals surface area contributed by atoms with Gasteiger partial charge in [-0.15, -0.1) is 11.3 Å².